The van der Waals surface area contributed by atoms with Gasteiger partial charge in [-0.2, -0.15) is 0 Å². The monoisotopic (exact) mass is 352 g/mol. The Morgan fingerprint density at radius 2 is 1.73 bits per heavy atom. The van der Waals surface area contributed by atoms with Gasteiger partial charge in [-0.1, -0.05) is 0 Å². The summed E-state index contributed by atoms with van der Waals surface area (Å²) in [4.78, 5) is 41.4. The van der Waals surface area contributed by atoms with Gasteiger partial charge in [-0.25, -0.2) is 9.97 Å². The van der Waals surface area contributed by atoms with Crippen LogP contribution < -0.4 is 10.2 Å². The van der Waals surface area contributed by atoms with Crippen molar-refractivity contribution < 1.29 is 9.59 Å². The van der Waals surface area contributed by atoms with Gasteiger partial charge in [0.2, 0.25) is 5.95 Å². The summed E-state index contributed by atoms with van der Waals surface area (Å²) in [5.74, 6) is 0.381. The highest BCUT2D eigenvalue weighted by Crippen LogP contribution is 2.19. The molecule has 1 saturated heterocycles. The molecule has 1 aliphatic heterocycles. The Morgan fingerprint density at radius 3 is 2.42 bits per heavy atom. The molecule has 0 aromatic carbocycles. The largest absolute Gasteiger partial charge is 0.349 e. The number of pyridine rings is 1. The molecule has 3 heterocycles. The summed E-state index contributed by atoms with van der Waals surface area (Å²) in [5, 5.41) is 2.93. The first-order valence-corrected chi connectivity index (χ1v) is 8.79. The topological polar surface area (TPSA) is 91.3 Å². The van der Waals surface area contributed by atoms with Crippen molar-refractivity contribution >= 4 is 17.8 Å². The third-order valence-electron chi connectivity index (χ3n) is 4.56. The van der Waals surface area contributed by atoms with Crippen molar-refractivity contribution in [2.24, 2.45) is 0 Å². The second-order valence-corrected chi connectivity index (χ2v) is 6.51. The first-order valence-electron chi connectivity index (χ1n) is 8.79. The molecule has 8 nitrogen and oxygen atoms in total. The Bertz CT molecular complexity index is 800. The number of amides is 2. The zero-order valence-electron chi connectivity index (χ0n) is 14.3. The molecule has 0 spiro atoms. The standard InChI is InChI=1S/C18H20N6O2/c25-16(22-14-2-3-14)13-4-7-19-15(12-13)17(26)23-8-10-24(11-9-23)18-20-5-1-6-21-18/h1,4-7,12,14H,2-3,8-11H2,(H,22,25). The normalized spacial score (nSPS) is 17.1. The van der Waals surface area contributed by atoms with Crippen molar-refractivity contribution in [2.45, 2.75) is 18.9 Å². The highest BCUT2D eigenvalue weighted by Gasteiger charge is 2.26. The summed E-state index contributed by atoms with van der Waals surface area (Å²) in [5.41, 5.74) is 0.782. The van der Waals surface area contributed by atoms with Crippen LogP contribution in [0.1, 0.15) is 33.7 Å². The van der Waals surface area contributed by atoms with Crippen LogP contribution in [0.15, 0.2) is 36.8 Å². The average Bonchev–Trinajstić information content (AvgIpc) is 3.52. The molecule has 26 heavy (non-hydrogen) atoms. The summed E-state index contributed by atoms with van der Waals surface area (Å²) >= 11 is 0. The summed E-state index contributed by atoms with van der Waals surface area (Å²) in [6, 6.07) is 5.27. The lowest BCUT2D eigenvalue weighted by Gasteiger charge is -2.34. The van der Waals surface area contributed by atoms with Gasteiger partial charge in [0.05, 0.1) is 0 Å². The summed E-state index contributed by atoms with van der Waals surface area (Å²) in [7, 11) is 0. The van der Waals surface area contributed by atoms with Crippen molar-refractivity contribution in [3.63, 3.8) is 0 Å². The zero-order valence-corrected chi connectivity index (χ0v) is 14.3. The molecule has 0 atom stereocenters. The molecular formula is C18H20N6O2. The number of nitrogens with zero attached hydrogens (tertiary/aromatic N) is 5. The van der Waals surface area contributed by atoms with Gasteiger partial charge in [0, 0.05) is 56.4 Å². The molecule has 1 N–H and O–H groups in total. The van der Waals surface area contributed by atoms with E-state index in [0.717, 1.165) is 12.8 Å². The maximum atomic E-state index is 12.7. The highest BCUT2D eigenvalue weighted by atomic mass is 16.2. The first-order chi connectivity index (χ1) is 12.7. The number of rotatable bonds is 4. The fraction of sp³-hybridized carbons (Fsp3) is 0.389. The smallest absolute Gasteiger partial charge is 0.272 e. The molecule has 2 aliphatic rings. The molecule has 0 unspecified atom stereocenters. The molecule has 4 rings (SSSR count). The van der Waals surface area contributed by atoms with Gasteiger partial charge in [0.25, 0.3) is 11.8 Å². The molecule has 2 aromatic heterocycles. The number of nitrogens with one attached hydrogen (secondary N) is 1. The quantitative estimate of drug-likeness (QED) is 0.872. The fourth-order valence-electron chi connectivity index (χ4n) is 2.91. The van der Waals surface area contributed by atoms with Crippen molar-refractivity contribution in [2.75, 3.05) is 31.1 Å². The molecule has 2 fully saturated rings. The van der Waals surface area contributed by atoms with Gasteiger partial charge in [0.15, 0.2) is 0 Å². The lowest BCUT2D eigenvalue weighted by atomic mass is 10.2. The van der Waals surface area contributed by atoms with Crippen LogP contribution in [0.4, 0.5) is 5.95 Å². The van der Waals surface area contributed by atoms with E-state index in [1.54, 1.807) is 35.5 Å². The number of aromatic nitrogens is 3. The summed E-state index contributed by atoms with van der Waals surface area (Å²) in [6.07, 6.45) is 6.99. The van der Waals surface area contributed by atoms with Crippen LogP contribution in [0.5, 0.6) is 0 Å². The third kappa shape index (κ3) is 3.63. The van der Waals surface area contributed by atoms with Crippen molar-refractivity contribution in [1.29, 1.82) is 0 Å². The molecule has 1 saturated carbocycles. The predicted molar refractivity (Wildman–Crippen MR) is 94.9 cm³/mol. The van der Waals surface area contributed by atoms with E-state index in [0.29, 0.717) is 43.4 Å². The lowest BCUT2D eigenvalue weighted by Crippen LogP contribution is -2.49. The van der Waals surface area contributed by atoms with Crippen molar-refractivity contribution in [3.8, 4) is 0 Å². The van der Waals surface area contributed by atoms with Gasteiger partial charge in [0.1, 0.15) is 5.69 Å². The molecule has 0 radical (unpaired) electrons. The van der Waals surface area contributed by atoms with E-state index in [2.05, 4.69) is 25.2 Å². The van der Waals surface area contributed by atoms with E-state index in [1.165, 1.54) is 6.20 Å². The van der Waals surface area contributed by atoms with E-state index in [-0.39, 0.29) is 17.9 Å². The van der Waals surface area contributed by atoms with Crippen LogP contribution in [0, 0.1) is 0 Å². The van der Waals surface area contributed by atoms with Crippen molar-refractivity contribution in [3.05, 3.63) is 48.0 Å². The van der Waals surface area contributed by atoms with Crippen LogP contribution in [-0.2, 0) is 0 Å². The molecule has 2 aromatic rings. The number of hydrogen-bond acceptors (Lipinski definition) is 6. The van der Waals surface area contributed by atoms with Crippen LogP contribution >= 0.6 is 0 Å². The Labute approximate surface area is 151 Å². The predicted octanol–water partition coefficient (Wildman–Crippen LogP) is 0.726. The van der Waals surface area contributed by atoms with E-state index in [4.69, 9.17) is 0 Å². The number of anilines is 1. The van der Waals surface area contributed by atoms with Crippen LogP contribution in [0.25, 0.3) is 0 Å². The molecule has 8 heteroatoms. The minimum absolute atomic E-state index is 0.144. The van der Waals surface area contributed by atoms with Crippen LogP contribution in [-0.4, -0.2) is 63.9 Å². The molecular weight excluding hydrogens is 332 g/mol. The number of hydrogen-bond donors (Lipinski definition) is 1. The maximum absolute atomic E-state index is 12.7. The van der Waals surface area contributed by atoms with Crippen LogP contribution in [0.3, 0.4) is 0 Å². The average molecular weight is 352 g/mol. The minimum atomic E-state index is -0.153. The second-order valence-electron chi connectivity index (χ2n) is 6.51. The highest BCUT2D eigenvalue weighted by molar-refractivity contribution is 5.98. The Kier molecular flexibility index (Phi) is 4.47. The fourth-order valence-corrected chi connectivity index (χ4v) is 2.91. The van der Waals surface area contributed by atoms with Gasteiger partial charge in [-0.05, 0) is 31.0 Å². The van der Waals surface area contributed by atoms with E-state index in [9.17, 15) is 9.59 Å². The summed E-state index contributed by atoms with van der Waals surface area (Å²) < 4.78 is 0. The third-order valence-corrected chi connectivity index (χ3v) is 4.56. The van der Waals surface area contributed by atoms with E-state index < -0.39 is 0 Å². The van der Waals surface area contributed by atoms with Gasteiger partial charge in [-0.3, -0.25) is 14.6 Å². The number of carbonyl (C=O) groups excluding carboxylic acids is 2. The van der Waals surface area contributed by atoms with E-state index in [1.807, 2.05) is 0 Å². The Hall–Kier alpha value is -3.03. The minimum Gasteiger partial charge on any atom is -0.349 e. The number of carbonyl (C=O) groups is 2. The maximum Gasteiger partial charge on any atom is 0.272 e. The van der Waals surface area contributed by atoms with Gasteiger partial charge < -0.3 is 15.1 Å². The van der Waals surface area contributed by atoms with Crippen molar-refractivity contribution in [1.82, 2.24) is 25.2 Å². The van der Waals surface area contributed by atoms with Gasteiger partial charge >= 0.3 is 0 Å². The summed E-state index contributed by atoms with van der Waals surface area (Å²) in [6.45, 7) is 2.46. The number of piperazine rings is 1. The Balaban J connectivity index is 1.39. The van der Waals surface area contributed by atoms with E-state index >= 15 is 0 Å². The first kappa shape index (κ1) is 16.4. The molecule has 2 amide bonds. The molecule has 1 aliphatic carbocycles. The van der Waals surface area contributed by atoms with Gasteiger partial charge in [-0.15, -0.1) is 0 Å². The molecule has 134 valence electrons. The Morgan fingerprint density at radius 1 is 1.00 bits per heavy atom. The van der Waals surface area contributed by atoms with Crippen LogP contribution in [0.2, 0.25) is 0 Å². The second kappa shape index (κ2) is 7.07. The SMILES string of the molecule is O=C(NC1CC1)c1ccnc(C(=O)N2CCN(c3ncccn3)CC2)c1. The zero-order chi connectivity index (χ0) is 17.9. The molecule has 0 bridgehead atoms. The lowest BCUT2D eigenvalue weighted by molar-refractivity contribution is 0.0740.